The van der Waals surface area contributed by atoms with Crippen LogP contribution in [0.2, 0.25) is 0 Å². The van der Waals surface area contributed by atoms with Crippen LogP contribution in [0.15, 0.2) is 90.2 Å². The van der Waals surface area contributed by atoms with Gasteiger partial charge < -0.3 is 14.5 Å². The molecule has 2 aromatic carbocycles. The van der Waals surface area contributed by atoms with Gasteiger partial charge in [0.25, 0.3) is 0 Å². The maximum absolute atomic E-state index is 11.6. The lowest BCUT2D eigenvalue weighted by Gasteiger charge is -2.21. The highest BCUT2D eigenvalue weighted by molar-refractivity contribution is 7.90. The first-order valence-corrected chi connectivity index (χ1v) is 12.6. The minimum atomic E-state index is -3.18. The molecule has 1 N–H and O–H groups in total. The Morgan fingerprint density at radius 1 is 0.970 bits per heavy atom. The quantitative estimate of drug-likeness (QED) is 0.424. The fourth-order valence-corrected chi connectivity index (χ4v) is 4.15. The van der Waals surface area contributed by atoms with Crippen LogP contribution in [-0.2, 0) is 9.84 Å². The van der Waals surface area contributed by atoms with E-state index < -0.39 is 9.84 Å². The molecule has 4 aromatic rings. The Hall–Kier alpha value is -3.76. The highest BCUT2D eigenvalue weighted by Crippen LogP contribution is 2.26. The minimum Gasteiger partial charge on any atom is -0.372 e. The summed E-state index contributed by atoms with van der Waals surface area (Å²) < 4.78 is 25.4. The monoisotopic (exact) mass is 460 g/mol. The van der Waals surface area contributed by atoms with Crippen LogP contribution in [0.4, 0.5) is 5.69 Å². The number of hydrogen-bond donors (Lipinski definition) is 1. The molecule has 170 valence electrons. The van der Waals surface area contributed by atoms with Crippen molar-refractivity contribution in [2.45, 2.75) is 18.7 Å². The maximum Gasteiger partial charge on any atom is 0.175 e. The number of H-pyrrole nitrogens is 1. The van der Waals surface area contributed by atoms with E-state index in [4.69, 9.17) is 5.26 Å². The molecule has 4 rings (SSSR count). The fourth-order valence-electron chi connectivity index (χ4n) is 3.52. The Morgan fingerprint density at radius 2 is 1.64 bits per heavy atom. The topological polar surface area (TPSA) is 81.9 Å². The first kappa shape index (κ1) is 23.9. The third-order valence-corrected chi connectivity index (χ3v) is 6.44. The Kier molecular flexibility index (Phi) is 7.75. The van der Waals surface area contributed by atoms with E-state index in [0.29, 0.717) is 10.5 Å². The van der Waals surface area contributed by atoms with E-state index in [-0.39, 0.29) is 0 Å². The van der Waals surface area contributed by atoms with Crippen LogP contribution in [0.3, 0.4) is 0 Å². The standard InChI is InChI=1S/C21H24N2O2S.C5H4N2/c1-4-22(5-2)18-10-12-19(13-11-18)23-16-6-7-21(23)17-8-14-20(15-9-17)26(3,24)25;6-3-5-1-2-7-4-5/h6-16H,4-5H2,1-3H3;1-2,4,7H. The van der Waals surface area contributed by atoms with Gasteiger partial charge in [0.05, 0.1) is 16.2 Å². The summed E-state index contributed by atoms with van der Waals surface area (Å²) in [5.41, 5.74) is 4.98. The average Bonchev–Trinajstić information content (AvgIpc) is 3.53. The summed E-state index contributed by atoms with van der Waals surface area (Å²) in [6.45, 7) is 6.28. The van der Waals surface area contributed by atoms with Crippen LogP contribution in [0.25, 0.3) is 16.9 Å². The Bertz CT molecular complexity index is 1290. The SMILES string of the molecule is CCN(CC)c1ccc(-n2cccc2-c2ccc(S(C)(=O)=O)cc2)cc1.N#Cc1cc[nH]c1. The number of benzene rings is 2. The van der Waals surface area contributed by atoms with Gasteiger partial charge in [0.15, 0.2) is 9.84 Å². The van der Waals surface area contributed by atoms with Crippen LogP contribution in [0, 0.1) is 11.3 Å². The Balaban J connectivity index is 0.000000374. The van der Waals surface area contributed by atoms with E-state index >= 15 is 0 Å². The van der Waals surface area contributed by atoms with Crippen molar-refractivity contribution in [2.24, 2.45) is 0 Å². The van der Waals surface area contributed by atoms with Crippen LogP contribution in [0.5, 0.6) is 0 Å². The number of anilines is 1. The zero-order valence-electron chi connectivity index (χ0n) is 19.1. The molecule has 6 nitrogen and oxygen atoms in total. The maximum atomic E-state index is 11.6. The van der Waals surface area contributed by atoms with Crippen molar-refractivity contribution in [1.29, 1.82) is 5.26 Å². The number of aromatic amines is 1. The molecule has 0 spiro atoms. The van der Waals surface area contributed by atoms with Crippen LogP contribution in [0.1, 0.15) is 19.4 Å². The highest BCUT2D eigenvalue weighted by atomic mass is 32.2. The molecule has 2 heterocycles. The molecule has 0 atom stereocenters. The van der Waals surface area contributed by atoms with Gasteiger partial charge >= 0.3 is 0 Å². The van der Waals surface area contributed by atoms with E-state index in [9.17, 15) is 8.42 Å². The summed E-state index contributed by atoms with van der Waals surface area (Å²) in [4.78, 5) is 5.40. The molecule has 0 saturated carbocycles. The highest BCUT2D eigenvalue weighted by Gasteiger charge is 2.10. The van der Waals surface area contributed by atoms with Crippen LogP contribution >= 0.6 is 0 Å². The molecule has 2 aromatic heterocycles. The predicted molar refractivity (Wildman–Crippen MR) is 133 cm³/mol. The molecule has 0 bridgehead atoms. The molecular formula is C26H28N4O2S. The number of nitriles is 1. The van der Waals surface area contributed by atoms with E-state index in [0.717, 1.165) is 30.0 Å². The molecule has 0 aliphatic carbocycles. The zero-order valence-corrected chi connectivity index (χ0v) is 19.9. The average molecular weight is 461 g/mol. The predicted octanol–water partition coefficient (Wildman–Crippen LogP) is 5.28. The van der Waals surface area contributed by atoms with Gasteiger partial charge in [-0.3, -0.25) is 0 Å². The zero-order chi connectivity index (χ0) is 23.8. The number of nitrogens with one attached hydrogen (secondary N) is 1. The van der Waals surface area contributed by atoms with E-state index in [2.05, 4.69) is 52.6 Å². The molecular weight excluding hydrogens is 432 g/mol. The third kappa shape index (κ3) is 5.93. The first-order valence-electron chi connectivity index (χ1n) is 10.7. The second kappa shape index (κ2) is 10.7. The van der Waals surface area contributed by atoms with Gasteiger partial charge in [-0.25, -0.2) is 8.42 Å². The Morgan fingerprint density at radius 3 is 2.12 bits per heavy atom. The second-order valence-electron chi connectivity index (χ2n) is 7.46. The Labute approximate surface area is 195 Å². The van der Waals surface area contributed by atoms with Crippen molar-refractivity contribution in [3.63, 3.8) is 0 Å². The molecule has 0 saturated heterocycles. The lowest BCUT2D eigenvalue weighted by Crippen LogP contribution is -2.21. The number of hydrogen-bond acceptors (Lipinski definition) is 4. The molecule has 0 amide bonds. The summed E-state index contributed by atoms with van der Waals surface area (Å²) in [5, 5.41) is 8.16. The molecule has 0 aliphatic rings. The molecule has 33 heavy (non-hydrogen) atoms. The van der Waals surface area contributed by atoms with Gasteiger partial charge in [-0.05, 0) is 74.0 Å². The van der Waals surface area contributed by atoms with Crippen LogP contribution < -0.4 is 4.90 Å². The summed E-state index contributed by atoms with van der Waals surface area (Å²) in [7, 11) is -3.18. The summed E-state index contributed by atoms with van der Waals surface area (Å²) in [6.07, 6.45) is 6.62. The van der Waals surface area contributed by atoms with Crippen molar-refractivity contribution in [2.75, 3.05) is 24.2 Å². The molecule has 0 radical (unpaired) electrons. The lowest BCUT2D eigenvalue weighted by atomic mass is 10.1. The van der Waals surface area contributed by atoms with E-state index in [1.54, 1.807) is 30.6 Å². The van der Waals surface area contributed by atoms with Crippen molar-refractivity contribution in [3.05, 3.63) is 90.9 Å². The molecule has 0 unspecified atom stereocenters. The summed E-state index contributed by atoms with van der Waals surface area (Å²) >= 11 is 0. The number of aromatic nitrogens is 2. The number of nitrogens with zero attached hydrogens (tertiary/aromatic N) is 3. The van der Waals surface area contributed by atoms with E-state index in [1.165, 1.54) is 11.9 Å². The van der Waals surface area contributed by atoms with Crippen LogP contribution in [-0.4, -0.2) is 37.3 Å². The minimum absolute atomic E-state index is 0.336. The first-order chi connectivity index (χ1) is 15.9. The van der Waals surface area contributed by atoms with Gasteiger partial charge in [0, 0.05) is 49.3 Å². The number of rotatable bonds is 6. The fraction of sp³-hybridized carbons (Fsp3) is 0.192. The van der Waals surface area contributed by atoms with Gasteiger partial charge in [-0.15, -0.1) is 0 Å². The number of sulfone groups is 1. The van der Waals surface area contributed by atoms with Gasteiger partial charge in [-0.2, -0.15) is 5.26 Å². The molecule has 7 heteroatoms. The molecule has 0 aliphatic heterocycles. The summed E-state index contributed by atoms with van der Waals surface area (Å²) in [5.74, 6) is 0. The van der Waals surface area contributed by atoms with Gasteiger partial charge in [-0.1, -0.05) is 12.1 Å². The second-order valence-corrected chi connectivity index (χ2v) is 9.48. The van der Waals surface area contributed by atoms with Crippen molar-refractivity contribution in [1.82, 2.24) is 9.55 Å². The smallest absolute Gasteiger partial charge is 0.175 e. The molecule has 0 fully saturated rings. The van der Waals surface area contributed by atoms with Gasteiger partial charge in [0.1, 0.15) is 6.07 Å². The van der Waals surface area contributed by atoms with Crippen molar-refractivity contribution < 1.29 is 8.42 Å². The van der Waals surface area contributed by atoms with Crippen molar-refractivity contribution in [3.8, 4) is 23.0 Å². The normalized spacial score (nSPS) is 10.7. The van der Waals surface area contributed by atoms with Crippen molar-refractivity contribution >= 4 is 15.5 Å². The summed E-state index contributed by atoms with van der Waals surface area (Å²) in [6, 6.07) is 23.3. The van der Waals surface area contributed by atoms with E-state index in [1.807, 2.05) is 36.5 Å². The van der Waals surface area contributed by atoms with Gasteiger partial charge in [0.2, 0.25) is 0 Å². The third-order valence-electron chi connectivity index (χ3n) is 5.31. The lowest BCUT2D eigenvalue weighted by molar-refractivity contribution is 0.602. The largest absolute Gasteiger partial charge is 0.372 e.